The predicted octanol–water partition coefficient (Wildman–Crippen LogP) is 2.03. The molecule has 0 aliphatic carbocycles. The average molecular weight is 236 g/mol. The minimum Gasteiger partial charge on any atom is -0.504 e. The summed E-state index contributed by atoms with van der Waals surface area (Å²) < 4.78 is 11.6. The molecule has 2 aliphatic rings. The second kappa shape index (κ2) is 3.29. The Kier molecular flexibility index (Phi) is 2.08. The van der Waals surface area contributed by atoms with Gasteiger partial charge in [0, 0.05) is 18.9 Å². The second-order valence-electron chi connectivity index (χ2n) is 5.17. The topological polar surface area (TPSA) is 58.9 Å². The van der Waals surface area contributed by atoms with Crippen LogP contribution >= 0.6 is 0 Å². The third-order valence-corrected chi connectivity index (χ3v) is 3.90. The van der Waals surface area contributed by atoms with E-state index in [0.717, 1.165) is 12.0 Å². The molecule has 1 fully saturated rings. The predicted molar refractivity (Wildman–Crippen MR) is 61.1 cm³/mol. The van der Waals surface area contributed by atoms with Gasteiger partial charge in [-0.25, -0.2) is 0 Å². The monoisotopic (exact) mass is 236 g/mol. The first-order chi connectivity index (χ1) is 7.99. The number of fused-ring (bicyclic) bond motifs is 2. The van der Waals surface area contributed by atoms with E-state index in [1.807, 2.05) is 6.92 Å². The highest BCUT2D eigenvalue weighted by atomic mass is 16.7. The molecule has 2 heterocycles. The lowest BCUT2D eigenvalue weighted by Crippen LogP contribution is -2.43. The lowest BCUT2D eigenvalue weighted by Gasteiger charge is -2.37. The zero-order chi connectivity index (χ0) is 12.2. The quantitative estimate of drug-likeness (QED) is 0.677. The first-order valence-electron chi connectivity index (χ1n) is 5.87. The molecule has 3 rings (SSSR count). The van der Waals surface area contributed by atoms with Crippen molar-refractivity contribution in [2.75, 3.05) is 6.61 Å². The van der Waals surface area contributed by atoms with E-state index in [4.69, 9.17) is 9.47 Å². The summed E-state index contributed by atoms with van der Waals surface area (Å²) in [5.74, 6) is 0.478. The van der Waals surface area contributed by atoms with Crippen molar-refractivity contribution in [3.05, 3.63) is 17.7 Å². The highest BCUT2D eigenvalue weighted by Gasteiger charge is 2.49. The van der Waals surface area contributed by atoms with Crippen LogP contribution in [0.25, 0.3) is 0 Å². The SMILES string of the molecule is C[C@@H]1CO[C@@]2(C)Oc3cc(O)c(O)cc3C[C@@H]12. The maximum Gasteiger partial charge on any atom is 0.211 e. The Balaban J connectivity index is 2.04. The van der Waals surface area contributed by atoms with Gasteiger partial charge in [0.2, 0.25) is 5.79 Å². The molecule has 17 heavy (non-hydrogen) atoms. The third-order valence-electron chi connectivity index (χ3n) is 3.90. The Morgan fingerprint density at radius 1 is 1.29 bits per heavy atom. The highest BCUT2D eigenvalue weighted by molar-refractivity contribution is 5.50. The van der Waals surface area contributed by atoms with Gasteiger partial charge in [0.05, 0.1) is 6.61 Å². The van der Waals surface area contributed by atoms with Gasteiger partial charge in [0.15, 0.2) is 11.5 Å². The Morgan fingerprint density at radius 2 is 2.00 bits per heavy atom. The number of phenolic OH excluding ortho intramolecular Hbond substituents is 2. The van der Waals surface area contributed by atoms with Crippen LogP contribution in [0.2, 0.25) is 0 Å². The molecule has 0 aromatic heterocycles. The van der Waals surface area contributed by atoms with Crippen LogP contribution in [0.4, 0.5) is 0 Å². The lowest BCUT2D eigenvalue weighted by atomic mass is 9.82. The summed E-state index contributed by atoms with van der Waals surface area (Å²) in [6.45, 7) is 4.77. The minimum absolute atomic E-state index is 0.0949. The molecule has 0 bridgehead atoms. The minimum atomic E-state index is -0.601. The molecule has 0 saturated carbocycles. The summed E-state index contributed by atoms with van der Waals surface area (Å²) >= 11 is 0. The molecule has 4 heteroatoms. The number of hydrogen-bond donors (Lipinski definition) is 2. The first-order valence-corrected chi connectivity index (χ1v) is 5.87. The third kappa shape index (κ3) is 1.47. The first kappa shape index (κ1) is 10.7. The summed E-state index contributed by atoms with van der Waals surface area (Å²) in [6.07, 6.45) is 0.806. The van der Waals surface area contributed by atoms with Gasteiger partial charge in [0.25, 0.3) is 0 Å². The number of phenols is 2. The molecule has 0 radical (unpaired) electrons. The number of ether oxygens (including phenoxy) is 2. The Hall–Kier alpha value is -1.42. The number of hydrogen-bond acceptors (Lipinski definition) is 4. The van der Waals surface area contributed by atoms with Gasteiger partial charge >= 0.3 is 0 Å². The van der Waals surface area contributed by atoms with Crippen molar-refractivity contribution in [1.82, 2.24) is 0 Å². The van der Waals surface area contributed by atoms with Crippen LogP contribution in [-0.4, -0.2) is 22.6 Å². The van der Waals surface area contributed by atoms with E-state index in [2.05, 4.69) is 6.92 Å². The van der Waals surface area contributed by atoms with E-state index >= 15 is 0 Å². The fourth-order valence-corrected chi connectivity index (χ4v) is 2.84. The van der Waals surface area contributed by atoms with Gasteiger partial charge in [-0.15, -0.1) is 0 Å². The van der Waals surface area contributed by atoms with Crippen LogP contribution < -0.4 is 4.74 Å². The lowest BCUT2D eigenvalue weighted by molar-refractivity contribution is -0.166. The molecule has 0 spiro atoms. The summed E-state index contributed by atoms with van der Waals surface area (Å²) in [5.41, 5.74) is 0.931. The second-order valence-corrected chi connectivity index (χ2v) is 5.17. The highest BCUT2D eigenvalue weighted by Crippen LogP contribution is 2.47. The van der Waals surface area contributed by atoms with Gasteiger partial charge in [-0.2, -0.15) is 0 Å². The molecular weight excluding hydrogens is 220 g/mol. The van der Waals surface area contributed by atoms with Gasteiger partial charge in [-0.05, 0) is 24.0 Å². The fourth-order valence-electron chi connectivity index (χ4n) is 2.84. The summed E-state index contributed by atoms with van der Waals surface area (Å²) in [6, 6.07) is 3.04. The van der Waals surface area contributed by atoms with Crippen molar-refractivity contribution >= 4 is 0 Å². The molecule has 0 amide bonds. The van der Waals surface area contributed by atoms with Crippen molar-refractivity contribution in [1.29, 1.82) is 0 Å². The summed E-state index contributed by atoms with van der Waals surface area (Å²) in [7, 11) is 0. The normalized spacial score (nSPS) is 34.9. The van der Waals surface area contributed by atoms with Crippen LogP contribution in [0, 0.1) is 11.8 Å². The van der Waals surface area contributed by atoms with Crippen LogP contribution in [0.5, 0.6) is 17.2 Å². The molecule has 92 valence electrons. The standard InChI is InChI=1S/C13H16O4/c1-7-6-16-13(2)9(7)3-8-4-10(14)11(15)5-12(8)17-13/h4-5,7,9,14-15H,3,6H2,1-2H3/t7-,9+,13+/m1/s1. The van der Waals surface area contributed by atoms with Crippen molar-refractivity contribution < 1.29 is 19.7 Å². The van der Waals surface area contributed by atoms with Gasteiger partial charge < -0.3 is 19.7 Å². The molecule has 3 atom stereocenters. The average Bonchev–Trinajstić information content (AvgIpc) is 2.55. The molecule has 1 aromatic rings. The van der Waals surface area contributed by atoms with Crippen molar-refractivity contribution in [2.45, 2.75) is 26.1 Å². The van der Waals surface area contributed by atoms with Gasteiger partial charge in [-0.1, -0.05) is 6.92 Å². The number of benzene rings is 1. The van der Waals surface area contributed by atoms with E-state index in [1.54, 1.807) is 6.07 Å². The van der Waals surface area contributed by atoms with Crippen molar-refractivity contribution in [3.63, 3.8) is 0 Å². The maximum absolute atomic E-state index is 9.51. The van der Waals surface area contributed by atoms with Crippen LogP contribution in [0.1, 0.15) is 19.4 Å². The largest absolute Gasteiger partial charge is 0.504 e. The fraction of sp³-hybridized carbons (Fsp3) is 0.538. The van der Waals surface area contributed by atoms with Crippen LogP contribution in [0.3, 0.4) is 0 Å². The van der Waals surface area contributed by atoms with Crippen molar-refractivity contribution in [3.8, 4) is 17.2 Å². The van der Waals surface area contributed by atoms with Crippen molar-refractivity contribution in [2.24, 2.45) is 11.8 Å². The van der Waals surface area contributed by atoms with E-state index in [9.17, 15) is 10.2 Å². The van der Waals surface area contributed by atoms with E-state index in [0.29, 0.717) is 24.2 Å². The summed E-state index contributed by atoms with van der Waals surface area (Å²) in [4.78, 5) is 0. The van der Waals surface area contributed by atoms with E-state index < -0.39 is 5.79 Å². The molecule has 4 nitrogen and oxygen atoms in total. The van der Waals surface area contributed by atoms with E-state index in [1.165, 1.54) is 6.07 Å². The number of rotatable bonds is 0. The van der Waals surface area contributed by atoms with Gasteiger partial charge in [-0.3, -0.25) is 0 Å². The molecule has 2 N–H and O–H groups in total. The zero-order valence-electron chi connectivity index (χ0n) is 9.93. The Bertz CT molecular complexity index is 471. The van der Waals surface area contributed by atoms with E-state index in [-0.39, 0.29) is 11.5 Å². The van der Waals surface area contributed by atoms with Crippen LogP contribution in [0.15, 0.2) is 12.1 Å². The zero-order valence-corrected chi connectivity index (χ0v) is 9.93. The molecule has 2 aliphatic heterocycles. The molecule has 0 unspecified atom stereocenters. The molecular formula is C13H16O4. The smallest absolute Gasteiger partial charge is 0.211 e. The maximum atomic E-state index is 9.51. The van der Waals surface area contributed by atoms with Crippen LogP contribution in [-0.2, 0) is 11.2 Å². The van der Waals surface area contributed by atoms with Gasteiger partial charge in [0.1, 0.15) is 5.75 Å². The Morgan fingerprint density at radius 3 is 2.76 bits per heavy atom. The molecule has 1 saturated heterocycles. The number of aromatic hydroxyl groups is 2. The summed E-state index contributed by atoms with van der Waals surface area (Å²) in [5, 5.41) is 19.0. The Labute approximate surface area is 99.8 Å². The molecule has 1 aromatic carbocycles.